The highest BCUT2D eigenvalue weighted by Crippen LogP contribution is 2.29. The average molecular weight is 425 g/mol. The summed E-state index contributed by atoms with van der Waals surface area (Å²) in [5.41, 5.74) is 1.07. The molecule has 0 saturated heterocycles. The number of methoxy groups -OCH3 is 1. The minimum absolute atomic E-state index is 0.101. The molecule has 0 unspecified atom stereocenters. The van der Waals surface area contributed by atoms with E-state index in [1.807, 2.05) is 12.3 Å². The SMILES string of the molecule is CNC(=O)c1cnn2c(NC)cc(Nc3cccn([C@H]4CC[C@H](OC)CC4)c3=O)nc12. The van der Waals surface area contributed by atoms with Gasteiger partial charge in [0.15, 0.2) is 5.65 Å². The zero-order valence-electron chi connectivity index (χ0n) is 17.9. The van der Waals surface area contributed by atoms with Crippen molar-refractivity contribution in [3.05, 3.63) is 46.5 Å². The average Bonchev–Trinajstić information content (AvgIpc) is 3.23. The fourth-order valence-electron chi connectivity index (χ4n) is 4.09. The van der Waals surface area contributed by atoms with E-state index in [0.29, 0.717) is 28.5 Å². The van der Waals surface area contributed by atoms with Gasteiger partial charge < -0.3 is 25.3 Å². The molecule has 1 fully saturated rings. The van der Waals surface area contributed by atoms with E-state index in [4.69, 9.17) is 4.74 Å². The highest BCUT2D eigenvalue weighted by Gasteiger charge is 2.23. The fraction of sp³-hybridized carbons (Fsp3) is 0.429. The van der Waals surface area contributed by atoms with Gasteiger partial charge in [-0.25, -0.2) is 4.98 Å². The number of hydrogen-bond acceptors (Lipinski definition) is 7. The van der Waals surface area contributed by atoms with Gasteiger partial charge in [-0.05, 0) is 37.8 Å². The largest absolute Gasteiger partial charge is 0.381 e. The molecule has 0 aromatic carbocycles. The number of carbonyl (C=O) groups is 1. The monoisotopic (exact) mass is 425 g/mol. The second-order valence-electron chi connectivity index (χ2n) is 7.57. The van der Waals surface area contributed by atoms with Crippen molar-refractivity contribution in [2.24, 2.45) is 0 Å². The van der Waals surface area contributed by atoms with Gasteiger partial charge in [-0.1, -0.05) is 0 Å². The third-order valence-electron chi connectivity index (χ3n) is 5.81. The van der Waals surface area contributed by atoms with E-state index in [-0.39, 0.29) is 23.6 Å². The molecule has 10 heteroatoms. The van der Waals surface area contributed by atoms with Gasteiger partial charge in [-0.2, -0.15) is 9.61 Å². The van der Waals surface area contributed by atoms with Crippen molar-refractivity contribution in [3.8, 4) is 0 Å². The minimum atomic E-state index is -0.282. The molecule has 1 amide bonds. The molecule has 3 aromatic rings. The van der Waals surface area contributed by atoms with Crippen LogP contribution < -0.4 is 21.5 Å². The molecule has 4 rings (SSSR count). The summed E-state index contributed by atoms with van der Waals surface area (Å²) in [7, 11) is 5.05. The van der Waals surface area contributed by atoms with Crippen molar-refractivity contribution in [1.82, 2.24) is 24.5 Å². The smallest absolute Gasteiger partial charge is 0.274 e. The number of amides is 1. The van der Waals surface area contributed by atoms with E-state index in [0.717, 1.165) is 25.7 Å². The van der Waals surface area contributed by atoms with Crippen molar-refractivity contribution in [3.63, 3.8) is 0 Å². The molecule has 10 nitrogen and oxygen atoms in total. The summed E-state index contributed by atoms with van der Waals surface area (Å²) in [6.07, 6.45) is 7.27. The van der Waals surface area contributed by atoms with Crippen LogP contribution in [0.2, 0.25) is 0 Å². The van der Waals surface area contributed by atoms with Crippen LogP contribution in [0.4, 0.5) is 17.3 Å². The predicted molar refractivity (Wildman–Crippen MR) is 118 cm³/mol. The second-order valence-corrected chi connectivity index (χ2v) is 7.57. The Balaban J connectivity index is 1.66. The van der Waals surface area contributed by atoms with E-state index >= 15 is 0 Å². The molecule has 0 radical (unpaired) electrons. The minimum Gasteiger partial charge on any atom is -0.381 e. The van der Waals surface area contributed by atoms with Crippen LogP contribution in [0.15, 0.2) is 35.4 Å². The van der Waals surface area contributed by atoms with Crippen molar-refractivity contribution < 1.29 is 9.53 Å². The number of nitrogens with one attached hydrogen (secondary N) is 3. The van der Waals surface area contributed by atoms with Gasteiger partial charge in [0.1, 0.15) is 22.9 Å². The van der Waals surface area contributed by atoms with Gasteiger partial charge in [0.25, 0.3) is 11.5 Å². The van der Waals surface area contributed by atoms with Crippen LogP contribution in [0, 0.1) is 0 Å². The topological polar surface area (TPSA) is 115 Å². The summed E-state index contributed by atoms with van der Waals surface area (Å²) >= 11 is 0. The predicted octanol–water partition coefficient (Wildman–Crippen LogP) is 2.17. The second kappa shape index (κ2) is 8.76. The molecule has 3 aromatic heterocycles. The van der Waals surface area contributed by atoms with Crippen LogP contribution in [-0.4, -0.2) is 52.4 Å². The van der Waals surface area contributed by atoms with Gasteiger partial charge in [0, 0.05) is 39.5 Å². The van der Waals surface area contributed by atoms with Gasteiger partial charge in [-0.3, -0.25) is 9.59 Å². The Labute approximate surface area is 179 Å². The summed E-state index contributed by atoms with van der Waals surface area (Å²) in [6, 6.07) is 5.49. The Morgan fingerprint density at radius 1 is 1.23 bits per heavy atom. The Morgan fingerprint density at radius 2 is 2.00 bits per heavy atom. The van der Waals surface area contributed by atoms with E-state index in [1.54, 1.807) is 42.4 Å². The van der Waals surface area contributed by atoms with E-state index < -0.39 is 0 Å². The first-order valence-electron chi connectivity index (χ1n) is 10.3. The van der Waals surface area contributed by atoms with Gasteiger partial charge in [0.2, 0.25) is 0 Å². The standard InChI is InChI=1S/C21H27N7O3/c1-22-18-11-17(26-19-15(20(29)23-2)12-24-28(18)19)25-16-5-4-10-27(21(16)30)13-6-8-14(31-3)9-7-13/h4-5,10-14,22H,6-9H2,1-3H3,(H,23,29)(H,25,26)/t13-,14-. The number of hydrogen-bond donors (Lipinski definition) is 3. The Hall–Kier alpha value is -3.40. The van der Waals surface area contributed by atoms with Crippen LogP contribution in [0.1, 0.15) is 42.1 Å². The summed E-state index contributed by atoms with van der Waals surface area (Å²) in [4.78, 5) is 29.9. The maximum absolute atomic E-state index is 13.2. The lowest BCUT2D eigenvalue weighted by Gasteiger charge is -2.29. The van der Waals surface area contributed by atoms with E-state index in [9.17, 15) is 9.59 Å². The summed E-state index contributed by atoms with van der Waals surface area (Å²) < 4.78 is 8.78. The van der Waals surface area contributed by atoms with Gasteiger partial charge in [0.05, 0.1) is 12.3 Å². The number of carbonyl (C=O) groups excluding carboxylic acids is 1. The van der Waals surface area contributed by atoms with Gasteiger partial charge >= 0.3 is 0 Å². The molecule has 3 heterocycles. The fourth-order valence-corrected chi connectivity index (χ4v) is 4.09. The zero-order chi connectivity index (χ0) is 22.0. The molecule has 0 atom stereocenters. The number of fused-ring (bicyclic) bond motifs is 1. The Kier molecular flexibility index (Phi) is 5.90. The molecule has 1 aliphatic rings. The van der Waals surface area contributed by atoms with E-state index in [1.165, 1.54) is 6.20 Å². The van der Waals surface area contributed by atoms with Crippen molar-refractivity contribution in [2.45, 2.75) is 37.8 Å². The normalized spacial score (nSPS) is 18.7. The van der Waals surface area contributed by atoms with Crippen molar-refractivity contribution >= 4 is 28.9 Å². The lowest BCUT2D eigenvalue weighted by Crippen LogP contribution is -2.30. The summed E-state index contributed by atoms with van der Waals surface area (Å²) in [5, 5.41) is 13.0. The molecule has 0 aliphatic heterocycles. The van der Waals surface area contributed by atoms with Crippen molar-refractivity contribution in [1.29, 1.82) is 0 Å². The highest BCUT2D eigenvalue weighted by atomic mass is 16.5. The van der Waals surface area contributed by atoms with Crippen LogP contribution in [-0.2, 0) is 4.74 Å². The molecule has 1 aliphatic carbocycles. The van der Waals surface area contributed by atoms with Crippen LogP contribution >= 0.6 is 0 Å². The first-order chi connectivity index (χ1) is 15.0. The molecule has 164 valence electrons. The molecular weight excluding hydrogens is 398 g/mol. The highest BCUT2D eigenvalue weighted by molar-refractivity contribution is 5.99. The molecule has 0 spiro atoms. The summed E-state index contributed by atoms with van der Waals surface area (Å²) in [5.74, 6) is 0.799. The zero-order valence-corrected chi connectivity index (χ0v) is 17.9. The molecule has 0 bridgehead atoms. The number of nitrogens with zero attached hydrogens (tertiary/aromatic N) is 4. The third kappa shape index (κ3) is 3.98. The Bertz CT molecular complexity index is 1150. The first-order valence-corrected chi connectivity index (χ1v) is 10.3. The lowest BCUT2D eigenvalue weighted by atomic mass is 9.92. The third-order valence-corrected chi connectivity index (χ3v) is 5.81. The molecular formula is C21H27N7O3. The number of ether oxygens (including phenoxy) is 1. The van der Waals surface area contributed by atoms with Crippen LogP contribution in [0.25, 0.3) is 5.65 Å². The maximum atomic E-state index is 13.2. The van der Waals surface area contributed by atoms with Crippen molar-refractivity contribution in [2.75, 3.05) is 31.8 Å². The number of rotatable bonds is 6. The number of anilines is 3. The van der Waals surface area contributed by atoms with Gasteiger partial charge in [-0.15, -0.1) is 0 Å². The molecule has 31 heavy (non-hydrogen) atoms. The maximum Gasteiger partial charge on any atom is 0.274 e. The van der Waals surface area contributed by atoms with E-state index in [2.05, 4.69) is 26.0 Å². The number of aromatic nitrogens is 4. The lowest BCUT2D eigenvalue weighted by molar-refractivity contribution is 0.0580. The molecule has 3 N–H and O–H groups in total. The quantitative estimate of drug-likeness (QED) is 0.554. The number of pyridine rings is 1. The Morgan fingerprint density at radius 3 is 2.68 bits per heavy atom. The summed E-state index contributed by atoms with van der Waals surface area (Å²) in [6.45, 7) is 0. The molecule has 1 saturated carbocycles. The van der Waals surface area contributed by atoms with Crippen LogP contribution in [0.3, 0.4) is 0 Å². The first kappa shape index (κ1) is 20.9. The van der Waals surface area contributed by atoms with Crippen LogP contribution in [0.5, 0.6) is 0 Å².